The van der Waals surface area contributed by atoms with Crippen molar-refractivity contribution in [2.24, 2.45) is 5.92 Å². The van der Waals surface area contributed by atoms with E-state index < -0.39 is 10.0 Å². The van der Waals surface area contributed by atoms with Crippen LogP contribution in [0.2, 0.25) is 0 Å². The van der Waals surface area contributed by atoms with Crippen molar-refractivity contribution >= 4 is 32.3 Å². The summed E-state index contributed by atoms with van der Waals surface area (Å²) in [6.07, 6.45) is 2.70. The molecule has 9 heteroatoms. The minimum Gasteiger partial charge on any atom is -0.312 e. The Hall–Kier alpha value is -2.25. The maximum absolute atomic E-state index is 13.0. The molecular weight excluding hydrogens is 456 g/mol. The second-order valence-corrected chi connectivity index (χ2v) is 12.3. The molecule has 2 aliphatic heterocycles. The van der Waals surface area contributed by atoms with Gasteiger partial charge in [-0.1, -0.05) is 6.92 Å². The third-order valence-electron chi connectivity index (χ3n) is 6.53. The predicted octanol–water partition coefficient (Wildman–Crippen LogP) is 4.06. The average Bonchev–Trinajstić information content (AvgIpc) is 3.15. The van der Waals surface area contributed by atoms with E-state index in [1.807, 2.05) is 0 Å². The van der Waals surface area contributed by atoms with E-state index in [4.69, 9.17) is 0 Å². The van der Waals surface area contributed by atoms with Crippen LogP contribution in [0.5, 0.6) is 0 Å². The van der Waals surface area contributed by atoms with Gasteiger partial charge in [-0.15, -0.1) is 11.3 Å². The Morgan fingerprint density at radius 1 is 1.24 bits per heavy atom. The summed E-state index contributed by atoms with van der Waals surface area (Å²) >= 11 is 1.46. The number of hydrogen-bond acceptors (Lipinski definition) is 6. The zero-order chi connectivity index (χ0) is 23.8. The van der Waals surface area contributed by atoms with Crippen LogP contribution in [0.15, 0.2) is 29.2 Å². The van der Waals surface area contributed by atoms with Crippen LogP contribution >= 0.6 is 11.3 Å². The monoisotopic (exact) mass is 486 g/mol. The van der Waals surface area contributed by atoms with Crippen LogP contribution in [0.1, 0.15) is 60.0 Å². The van der Waals surface area contributed by atoms with Gasteiger partial charge in [0.2, 0.25) is 10.0 Å². The largest absolute Gasteiger partial charge is 0.312 e. The minimum atomic E-state index is -3.57. The fourth-order valence-corrected chi connectivity index (χ4v) is 7.35. The number of fused-ring (bicyclic) bond motifs is 1. The van der Waals surface area contributed by atoms with Crippen molar-refractivity contribution in [3.63, 3.8) is 0 Å². The molecule has 4 rings (SSSR count). The molecule has 176 valence electrons. The number of nitrogens with one attached hydrogen (secondary N) is 1. The molecule has 1 aromatic carbocycles. The first-order valence-corrected chi connectivity index (χ1v) is 13.7. The molecule has 0 saturated carbocycles. The first-order chi connectivity index (χ1) is 15.7. The highest BCUT2D eigenvalue weighted by atomic mass is 32.2. The minimum absolute atomic E-state index is 0.200. The van der Waals surface area contributed by atoms with Gasteiger partial charge in [0.15, 0.2) is 0 Å². The second-order valence-electron chi connectivity index (χ2n) is 9.22. The number of nitriles is 1. The van der Waals surface area contributed by atoms with Crippen molar-refractivity contribution in [3.8, 4) is 6.07 Å². The zero-order valence-corrected chi connectivity index (χ0v) is 20.9. The fourth-order valence-electron chi connectivity index (χ4n) is 4.54. The van der Waals surface area contributed by atoms with Crippen molar-refractivity contribution in [1.29, 1.82) is 5.26 Å². The lowest BCUT2D eigenvalue weighted by Gasteiger charge is -2.30. The first-order valence-electron chi connectivity index (χ1n) is 11.4. The lowest BCUT2D eigenvalue weighted by molar-refractivity contribution is 0.102. The molecule has 0 aliphatic carbocycles. The number of benzene rings is 1. The summed E-state index contributed by atoms with van der Waals surface area (Å²) in [6.45, 7) is 9.11. The highest BCUT2D eigenvalue weighted by molar-refractivity contribution is 7.89. The van der Waals surface area contributed by atoms with E-state index in [-0.39, 0.29) is 10.8 Å². The summed E-state index contributed by atoms with van der Waals surface area (Å²) in [6, 6.07) is 8.75. The molecule has 1 fully saturated rings. The van der Waals surface area contributed by atoms with Gasteiger partial charge in [-0.3, -0.25) is 9.69 Å². The number of sulfonamides is 1. The van der Waals surface area contributed by atoms with E-state index in [0.717, 1.165) is 42.8 Å². The van der Waals surface area contributed by atoms with Gasteiger partial charge in [-0.05, 0) is 68.9 Å². The first kappa shape index (κ1) is 23.9. The highest BCUT2D eigenvalue weighted by Crippen LogP contribution is 2.37. The molecule has 3 heterocycles. The molecular formula is C24H30N4O3S2. The number of amides is 1. The lowest BCUT2D eigenvalue weighted by Crippen LogP contribution is -2.39. The number of nitrogens with zero attached hydrogens (tertiary/aromatic N) is 3. The quantitative estimate of drug-likeness (QED) is 0.688. The summed E-state index contributed by atoms with van der Waals surface area (Å²) in [5.41, 5.74) is 1.94. The molecule has 33 heavy (non-hydrogen) atoms. The topological polar surface area (TPSA) is 93.5 Å². The van der Waals surface area contributed by atoms with Gasteiger partial charge < -0.3 is 5.32 Å². The molecule has 0 radical (unpaired) electrons. The van der Waals surface area contributed by atoms with E-state index in [9.17, 15) is 18.5 Å². The van der Waals surface area contributed by atoms with Gasteiger partial charge in [0.1, 0.15) is 11.1 Å². The third kappa shape index (κ3) is 4.85. The van der Waals surface area contributed by atoms with E-state index in [1.165, 1.54) is 39.9 Å². The van der Waals surface area contributed by atoms with Crippen LogP contribution in [0, 0.1) is 17.2 Å². The molecule has 1 unspecified atom stereocenters. The Morgan fingerprint density at radius 3 is 2.61 bits per heavy atom. The molecule has 0 bridgehead atoms. The number of anilines is 1. The standard InChI is InChI=1S/C24H30N4O3S2/c1-16(2)27-12-10-20-21(13-25)24(32-22(20)15-27)26-23(29)18-6-8-19(9-7-18)33(30,31)28-11-4-5-17(3)14-28/h6-9,16-17H,4-5,10-12,14-15H2,1-3H3,(H,26,29). The molecule has 0 spiro atoms. The number of thiophene rings is 1. The number of hydrogen-bond donors (Lipinski definition) is 1. The average molecular weight is 487 g/mol. The summed E-state index contributed by atoms with van der Waals surface area (Å²) < 4.78 is 27.5. The highest BCUT2D eigenvalue weighted by Gasteiger charge is 2.29. The number of rotatable bonds is 5. The molecule has 1 N–H and O–H groups in total. The van der Waals surface area contributed by atoms with E-state index in [1.54, 1.807) is 0 Å². The van der Waals surface area contributed by atoms with Crippen molar-refractivity contribution in [3.05, 3.63) is 45.8 Å². The van der Waals surface area contributed by atoms with Crippen molar-refractivity contribution in [2.75, 3.05) is 25.0 Å². The number of carbonyl (C=O) groups is 1. The van der Waals surface area contributed by atoms with E-state index in [0.29, 0.717) is 41.2 Å². The van der Waals surface area contributed by atoms with Gasteiger partial charge in [-0.2, -0.15) is 9.57 Å². The summed E-state index contributed by atoms with van der Waals surface area (Å²) in [5, 5.41) is 13.2. The molecule has 1 aromatic heterocycles. The Morgan fingerprint density at radius 2 is 1.97 bits per heavy atom. The van der Waals surface area contributed by atoms with Crippen molar-refractivity contribution < 1.29 is 13.2 Å². The smallest absolute Gasteiger partial charge is 0.256 e. The van der Waals surface area contributed by atoms with E-state index >= 15 is 0 Å². The summed E-state index contributed by atoms with van der Waals surface area (Å²) in [4.78, 5) is 16.6. The molecule has 2 aliphatic rings. The van der Waals surface area contributed by atoms with Crippen LogP contribution in [0.3, 0.4) is 0 Å². The number of carbonyl (C=O) groups excluding carboxylic acids is 1. The lowest BCUT2D eigenvalue weighted by atomic mass is 10.0. The Kier molecular flexibility index (Phi) is 6.91. The third-order valence-corrected chi connectivity index (χ3v) is 9.54. The van der Waals surface area contributed by atoms with Crippen LogP contribution in [0.4, 0.5) is 5.00 Å². The second kappa shape index (κ2) is 9.55. The van der Waals surface area contributed by atoms with Crippen LogP contribution in [0.25, 0.3) is 0 Å². The van der Waals surface area contributed by atoms with Crippen molar-refractivity contribution in [2.45, 2.75) is 57.5 Å². The van der Waals surface area contributed by atoms with Crippen LogP contribution in [-0.4, -0.2) is 49.2 Å². The zero-order valence-electron chi connectivity index (χ0n) is 19.3. The maximum Gasteiger partial charge on any atom is 0.256 e. The molecule has 1 saturated heterocycles. The molecule has 1 atom stereocenters. The molecule has 7 nitrogen and oxygen atoms in total. The van der Waals surface area contributed by atoms with Gasteiger partial charge in [0.05, 0.1) is 10.5 Å². The summed E-state index contributed by atoms with van der Waals surface area (Å²) in [7, 11) is -3.57. The van der Waals surface area contributed by atoms with Gasteiger partial charge in [-0.25, -0.2) is 8.42 Å². The predicted molar refractivity (Wildman–Crippen MR) is 130 cm³/mol. The SMILES string of the molecule is CC1CCCN(S(=O)(=O)c2ccc(C(=O)Nc3sc4c(c3C#N)CCN(C(C)C)C4)cc2)C1. The van der Waals surface area contributed by atoms with Crippen LogP contribution < -0.4 is 5.32 Å². The van der Waals surface area contributed by atoms with Gasteiger partial charge in [0, 0.05) is 42.7 Å². The van der Waals surface area contributed by atoms with Gasteiger partial charge >= 0.3 is 0 Å². The Bertz CT molecular complexity index is 1180. The Balaban J connectivity index is 1.50. The molecule has 1 amide bonds. The summed E-state index contributed by atoms with van der Waals surface area (Å²) in [5.74, 6) is -0.00139. The molecule has 2 aromatic rings. The van der Waals surface area contributed by atoms with Gasteiger partial charge in [0.25, 0.3) is 5.91 Å². The van der Waals surface area contributed by atoms with Crippen molar-refractivity contribution in [1.82, 2.24) is 9.21 Å². The number of piperidine rings is 1. The Labute approximate surface area is 200 Å². The fraction of sp³-hybridized carbons (Fsp3) is 0.500. The normalized spacial score (nSPS) is 19.8. The van der Waals surface area contributed by atoms with E-state index in [2.05, 4.69) is 37.1 Å². The maximum atomic E-state index is 13.0. The van der Waals surface area contributed by atoms with Crippen LogP contribution in [-0.2, 0) is 23.0 Å².